The Morgan fingerprint density at radius 2 is 1.95 bits per heavy atom. The number of rotatable bonds is 5. The number of ether oxygens (including phenoxy) is 2. The fraction of sp³-hybridized carbons (Fsp3) is 0.562. The molecule has 0 amide bonds. The molecule has 1 fully saturated rings. The van der Waals surface area contributed by atoms with Gasteiger partial charge >= 0.3 is 5.97 Å². The van der Waals surface area contributed by atoms with Gasteiger partial charge < -0.3 is 14.0 Å². The molecule has 0 N–H and O–H groups in total. The molecule has 0 spiro atoms. The van der Waals surface area contributed by atoms with Crippen molar-refractivity contribution in [1.29, 1.82) is 0 Å². The number of methoxy groups -OCH3 is 2. The Morgan fingerprint density at radius 1 is 1.29 bits per heavy atom. The predicted octanol–water partition coefficient (Wildman–Crippen LogP) is 2.32. The van der Waals surface area contributed by atoms with E-state index in [0.717, 1.165) is 24.5 Å². The van der Waals surface area contributed by atoms with E-state index in [2.05, 4.69) is 26.2 Å². The highest BCUT2D eigenvalue weighted by atomic mass is 32.2. The fourth-order valence-corrected chi connectivity index (χ4v) is 4.26. The largest absolute Gasteiger partial charge is 0.497 e. The maximum absolute atomic E-state index is 11.9. The number of nitrogens with zero attached hydrogens (tertiary/aromatic N) is 1. The second-order valence-corrected chi connectivity index (χ2v) is 7.31. The van der Waals surface area contributed by atoms with E-state index in [4.69, 9.17) is 9.47 Å². The average Bonchev–Trinajstić information content (AvgIpc) is 2.79. The van der Waals surface area contributed by atoms with Gasteiger partial charge in [0.2, 0.25) is 0 Å². The van der Waals surface area contributed by atoms with Crippen molar-refractivity contribution in [2.24, 2.45) is 0 Å². The summed E-state index contributed by atoms with van der Waals surface area (Å²) in [6, 6.07) is 8.13. The van der Waals surface area contributed by atoms with Crippen molar-refractivity contribution in [1.82, 2.24) is 0 Å². The fourth-order valence-electron chi connectivity index (χ4n) is 2.84. The molecule has 1 aliphatic rings. The smallest absolute Gasteiger partial charge is 0.364 e. The lowest BCUT2D eigenvalue weighted by Gasteiger charge is -2.29. The van der Waals surface area contributed by atoms with Crippen LogP contribution in [0.25, 0.3) is 0 Å². The Hall–Kier alpha value is -1.20. The predicted molar refractivity (Wildman–Crippen MR) is 85.5 cm³/mol. The van der Waals surface area contributed by atoms with Crippen molar-refractivity contribution < 1.29 is 18.8 Å². The summed E-state index contributed by atoms with van der Waals surface area (Å²) in [4.78, 5) is 11.9. The second-order valence-electron chi connectivity index (χ2n) is 6.02. The summed E-state index contributed by atoms with van der Waals surface area (Å²) < 4.78 is 10.8. The first-order chi connectivity index (χ1) is 9.96. The third-order valence-electron chi connectivity index (χ3n) is 4.12. The Labute approximate surface area is 131 Å². The second kappa shape index (κ2) is 6.71. The molecule has 116 valence electrons. The first kappa shape index (κ1) is 16.2. The molecule has 0 aliphatic carbocycles. The number of thioether (sulfide) groups is 1. The Morgan fingerprint density at radius 3 is 2.52 bits per heavy atom. The quantitative estimate of drug-likeness (QED) is 0.618. The van der Waals surface area contributed by atoms with Gasteiger partial charge in [-0.3, -0.25) is 0 Å². The first-order valence-corrected chi connectivity index (χ1v) is 8.16. The number of carbonyl (C=O) groups excluding carboxylic acids is 1. The van der Waals surface area contributed by atoms with Crippen LogP contribution in [0, 0.1) is 0 Å². The van der Waals surface area contributed by atoms with E-state index < -0.39 is 0 Å². The molecule has 21 heavy (non-hydrogen) atoms. The number of benzene rings is 1. The molecule has 2 rings (SSSR count). The summed E-state index contributed by atoms with van der Waals surface area (Å²) in [5.74, 6) is 1.75. The van der Waals surface area contributed by atoms with Crippen LogP contribution in [0.1, 0.15) is 12.0 Å². The highest BCUT2D eigenvalue weighted by molar-refractivity contribution is 7.99. The highest BCUT2D eigenvalue weighted by Crippen LogP contribution is 2.33. The van der Waals surface area contributed by atoms with Gasteiger partial charge in [0.15, 0.2) is 6.04 Å². The van der Waals surface area contributed by atoms with Crippen LogP contribution in [0.5, 0.6) is 5.75 Å². The summed E-state index contributed by atoms with van der Waals surface area (Å²) in [6.45, 7) is 1.00. The Kier molecular flexibility index (Phi) is 5.17. The molecule has 1 heterocycles. The molecule has 0 unspecified atom stereocenters. The van der Waals surface area contributed by atoms with E-state index in [1.165, 1.54) is 12.7 Å². The average molecular weight is 310 g/mol. The van der Waals surface area contributed by atoms with Crippen LogP contribution in [0.2, 0.25) is 0 Å². The number of quaternary nitrogens is 1. The summed E-state index contributed by atoms with van der Waals surface area (Å²) in [7, 11) is 7.36. The van der Waals surface area contributed by atoms with Crippen LogP contribution in [0.15, 0.2) is 24.3 Å². The molecule has 1 aromatic carbocycles. The molecular weight excluding hydrogens is 286 g/mol. The maximum Gasteiger partial charge on any atom is 0.364 e. The SMILES string of the molecule is COC(=O)[C@@H]1C[C@H](SCc2ccc(OC)cc2)C[N+]1(C)C. The lowest BCUT2D eigenvalue weighted by atomic mass is 10.2. The molecule has 1 aliphatic heterocycles. The molecule has 0 aromatic heterocycles. The number of carbonyl (C=O) groups is 1. The van der Waals surface area contributed by atoms with E-state index in [1.807, 2.05) is 23.9 Å². The topological polar surface area (TPSA) is 35.5 Å². The minimum absolute atomic E-state index is 0.0385. The van der Waals surface area contributed by atoms with E-state index in [0.29, 0.717) is 9.73 Å². The summed E-state index contributed by atoms with van der Waals surface area (Å²) in [5, 5.41) is 0.492. The highest BCUT2D eigenvalue weighted by Gasteiger charge is 2.46. The number of likely N-dealkylation sites (N-methyl/N-ethyl adjacent to an activating group) is 1. The van der Waals surface area contributed by atoms with Crippen molar-refractivity contribution in [3.63, 3.8) is 0 Å². The molecule has 1 saturated heterocycles. The zero-order chi connectivity index (χ0) is 15.5. The van der Waals surface area contributed by atoms with Gasteiger partial charge in [-0.25, -0.2) is 4.79 Å². The zero-order valence-corrected chi connectivity index (χ0v) is 14.0. The first-order valence-electron chi connectivity index (χ1n) is 7.11. The Bertz CT molecular complexity index is 487. The normalized spacial score (nSPS) is 23.8. The number of esters is 1. The molecule has 2 atom stereocenters. The summed E-state index contributed by atoms with van der Waals surface area (Å²) in [6.07, 6.45) is 0.889. The number of hydrogen-bond acceptors (Lipinski definition) is 4. The van der Waals surface area contributed by atoms with Gasteiger partial charge in [0.1, 0.15) is 5.75 Å². The van der Waals surface area contributed by atoms with Crippen LogP contribution in [-0.2, 0) is 15.3 Å². The molecular formula is C16H24NO3S+. The van der Waals surface area contributed by atoms with Gasteiger partial charge in [-0.1, -0.05) is 12.1 Å². The van der Waals surface area contributed by atoms with Crippen molar-refractivity contribution in [2.75, 3.05) is 34.9 Å². The van der Waals surface area contributed by atoms with Crippen molar-refractivity contribution in [3.05, 3.63) is 29.8 Å². The molecule has 0 saturated carbocycles. The summed E-state index contributed by atoms with van der Waals surface area (Å²) >= 11 is 1.92. The van der Waals surface area contributed by atoms with Gasteiger partial charge in [0.05, 0.1) is 40.1 Å². The van der Waals surface area contributed by atoms with Crippen LogP contribution < -0.4 is 4.74 Å². The zero-order valence-electron chi connectivity index (χ0n) is 13.2. The lowest BCUT2D eigenvalue weighted by Crippen LogP contribution is -2.48. The molecule has 0 bridgehead atoms. The van der Waals surface area contributed by atoms with Crippen molar-refractivity contribution in [3.8, 4) is 5.75 Å². The van der Waals surface area contributed by atoms with Crippen molar-refractivity contribution in [2.45, 2.75) is 23.5 Å². The van der Waals surface area contributed by atoms with Gasteiger partial charge in [-0.15, -0.1) is 11.8 Å². The minimum atomic E-state index is -0.0902. The molecule has 1 aromatic rings. The van der Waals surface area contributed by atoms with Gasteiger partial charge in [-0.2, -0.15) is 0 Å². The molecule has 5 heteroatoms. The van der Waals surface area contributed by atoms with Crippen LogP contribution >= 0.6 is 11.8 Å². The summed E-state index contributed by atoms with van der Waals surface area (Å²) in [5.41, 5.74) is 1.28. The third-order valence-corrected chi connectivity index (χ3v) is 5.44. The van der Waals surface area contributed by atoms with E-state index in [-0.39, 0.29) is 12.0 Å². The standard InChI is InChI=1S/C16H24NO3S/c1-17(2)10-14(9-15(17)16(18)20-4)21-11-12-5-7-13(19-3)8-6-12/h5-8,14-15H,9-11H2,1-4H3/q+1/t14-,15-/m0/s1. The molecule has 4 nitrogen and oxygen atoms in total. The Balaban J connectivity index is 1.90. The third kappa shape index (κ3) is 3.92. The maximum atomic E-state index is 11.9. The van der Waals surface area contributed by atoms with Gasteiger partial charge in [-0.05, 0) is 17.7 Å². The van der Waals surface area contributed by atoms with Crippen molar-refractivity contribution >= 4 is 17.7 Å². The van der Waals surface area contributed by atoms with E-state index in [1.54, 1.807) is 7.11 Å². The monoisotopic (exact) mass is 310 g/mol. The van der Waals surface area contributed by atoms with Gasteiger partial charge in [0.25, 0.3) is 0 Å². The molecule has 0 radical (unpaired) electrons. The lowest BCUT2D eigenvalue weighted by molar-refractivity contribution is -0.893. The van der Waals surface area contributed by atoms with Gasteiger partial charge in [0, 0.05) is 12.2 Å². The minimum Gasteiger partial charge on any atom is -0.497 e. The van der Waals surface area contributed by atoms with Crippen LogP contribution in [0.4, 0.5) is 0 Å². The van der Waals surface area contributed by atoms with Crippen LogP contribution in [-0.4, -0.2) is 56.6 Å². The number of hydrogen-bond donors (Lipinski definition) is 0. The van der Waals surface area contributed by atoms with E-state index in [9.17, 15) is 4.79 Å². The van der Waals surface area contributed by atoms with Crippen LogP contribution in [0.3, 0.4) is 0 Å². The number of likely N-dealkylation sites (tertiary alicyclic amines) is 1. The van der Waals surface area contributed by atoms with E-state index >= 15 is 0 Å².